The van der Waals surface area contributed by atoms with E-state index in [4.69, 9.17) is 0 Å². The minimum Gasteiger partial charge on any atom is -0.318 e. The zero-order valence-corrected chi connectivity index (χ0v) is 14.6. The summed E-state index contributed by atoms with van der Waals surface area (Å²) in [6.45, 7) is 9.10. The lowest BCUT2D eigenvalue weighted by Crippen LogP contribution is -2.52. The number of nitrogens with one attached hydrogen (secondary N) is 2. The highest BCUT2D eigenvalue weighted by Gasteiger charge is 2.31. The van der Waals surface area contributed by atoms with E-state index in [1.807, 2.05) is 7.05 Å². The Balaban J connectivity index is 2.44. The van der Waals surface area contributed by atoms with Gasteiger partial charge in [-0.2, -0.15) is 12.7 Å². The van der Waals surface area contributed by atoms with E-state index < -0.39 is 10.2 Å². The number of piperidine rings is 1. The predicted molar refractivity (Wildman–Crippen MR) is 87.6 cm³/mol. The molecule has 1 saturated heterocycles. The SMILES string of the molecule is CCN(CC)CCCNS(=O)(=O)N1CCCCC1CNC. The van der Waals surface area contributed by atoms with Crippen LogP contribution in [0.15, 0.2) is 0 Å². The maximum atomic E-state index is 12.4. The zero-order valence-electron chi connectivity index (χ0n) is 13.8. The van der Waals surface area contributed by atoms with Gasteiger partial charge >= 0.3 is 0 Å². The first kappa shape index (κ1) is 18.8. The van der Waals surface area contributed by atoms with Crippen LogP contribution in [-0.4, -0.2) is 70.0 Å². The smallest absolute Gasteiger partial charge is 0.279 e. The molecular formula is C14H32N4O2S. The molecule has 7 heteroatoms. The molecule has 0 amide bonds. The molecule has 126 valence electrons. The maximum Gasteiger partial charge on any atom is 0.279 e. The van der Waals surface area contributed by atoms with Crippen molar-refractivity contribution in [1.29, 1.82) is 0 Å². The molecule has 0 bridgehead atoms. The van der Waals surface area contributed by atoms with Crippen molar-refractivity contribution in [3.8, 4) is 0 Å². The van der Waals surface area contributed by atoms with E-state index in [1.165, 1.54) is 0 Å². The molecule has 0 aromatic heterocycles. The standard InChI is InChI=1S/C14H32N4O2S/c1-4-17(5-2)11-8-10-16-21(19,20)18-12-7-6-9-14(18)13-15-3/h14-16H,4-13H2,1-3H3. The second-order valence-electron chi connectivity index (χ2n) is 5.60. The third kappa shape index (κ3) is 6.20. The highest BCUT2D eigenvalue weighted by Crippen LogP contribution is 2.19. The van der Waals surface area contributed by atoms with Crippen LogP contribution in [-0.2, 0) is 10.2 Å². The predicted octanol–water partition coefficient (Wildman–Crippen LogP) is 0.627. The molecule has 0 radical (unpaired) electrons. The maximum absolute atomic E-state index is 12.4. The first-order valence-electron chi connectivity index (χ1n) is 8.18. The van der Waals surface area contributed by atoms with Crippen LogP contribution >= 0.6 is 0 Å². The zero-order chi connectivity index (χ0) is 15.7. The van der Waals surface area contributed by atoms with Gasteiger partial charge in [-0.15, -0.1) is 0 Å². The lowest BCUT2D eigenvalue weighted by atomic mass is 10.1. The molecular weight excluding hydrogens is 288 g/mol. The molecule has 1 fully saturated rings. The third-order valence-corrected chi connectivity index (χ3v) is 5.82. The van der Waals surface area contributed by atoms with E-state index in [0.717, 1.165) is 51.9 Å². The average Bonchev–Trinajstić information content (AvgIpc) is 2.48. The summed E-state index contributed by atoms with van der Waals surface area (Å²) in [4.78, 5) is 2.30. The van der Waals surface area contributed by atoms with Crippen LogP contribution in [0.3, 0.4) is 0 Å². The Morgan fingerprint density at radius 1 is 1.24 bits per heavy atom. The van der Waals surface area contributed by atoms with Crippen LogP contribution in [0.25, 0.3) is 0 Å². The van der Waals surface area contributed by atoms with Crippen molar-refractivity contribution < 1.29 is 8.42 Å². The van der Waals surface area contributed by atoms with Gasteiger partial charge in [0.2, 0.25) is 0 Å². The van der Waals surface area contributed by atoms with Crippen LogP contribution in [0, 0.1) is 0 Å². The van der Waals surface area contributed by atoms with Crippen molar-refractivity contribution in [2.24, 2.45) is 0 Å². The summed E-state index contributed by atoms with van der Waals surface area (Å²) in [5.74, 6) is 0. The molecule has 0 spiro atoms. The van der Waals surface area contributed by atoms with Crippen LogP contribution in [0.1, 0.15) is 39.5 Å². The van der Waals surface area contributed by atoms with Gasteiger partial charge in [-0.25, -0.2) is 4.72 Å². The van der Waals surface area contributed by atoms with E-state index in [-0.39, 0.29) is 6.04 Å². The molecule has 0 aliphatic carbocycles. The molecule has 1 heterocycles. The van der Waals surface area contributed by atoms with Gasteiger partial charge < -0.3 is 10.2 Å². The first-order chi connectivity index (χ1) is 10.0. The normalized spacial score (nSPS) is 21.0. The summed E-state index contributed by atoms with van der Waals surface area (Å²) < 4.78 is 29.3. The van der Waals surface area contributed by atoms with Gasteiger partial charge in [-0.1, -0.05) is 20.3 Å². The Labute approximate surface area is 130 Å². The average molecular weight is 321 g/mol. The fraction of sp³-hybridized carbons (Fsp3) is 1.00. The van der Waals surface area contributed by atoms with E-state index in [9.17, 15) is 8.42 Å². The van der Waals surface area contributed by atoms with Crippen LogP contribution in [0.4, 0.5) is 0 Å². The molecule has 0 aromatic carbocycles. The van der Waals surface area contributed by atoms with E-state index in [0.29, 0.717) is 13.1 Å². The van der Waals surface area contributed by atoms with Crippen LogP contribution in [0.2, 0.25) is 0 Å². The van der Waals surface area contributed by atoms with Gasteiger partial charge in [0.15, 0.2) is 0 Å². The summed E-state index contributed by atoms with van der Waals surface area (Å²) in [6, 6.07) is 0.0871. The van der Waals surface area contributed by atoms with Gasteiger partial charge in [-0.3, -0.25) is 0 Å². The van der Waals surface area contributed by atoms with Gasteiger partial charge in [0, 0.05) is 25.7 Å². The van der Waals surface area contributed by atoms with Crippen molar-refractivity contribution in [2.75, 3.05) is 46.3 Å². The highest BCUT2D eigenvalue weighted by molar-refractivity contribution is 7.87. The summed E-state index contributed by atoms with van der Waals surface area (Å²) in [5.41, 5.74) is 0. The fourth-order valence-electron chi connectivity index (χ4n) is 2.86. The Hall–Kier alpha value is -0.210. The Morgan fingerprint density at radius 2 is 1.95 bits per heavy atom. The summed E-state index contributed by atoms with van der Waals surface area (Å²) in [7, 11) is -1.47. The minimum absolute atomic E-state index is 0.0871. The second-order valence-corrected chi connectivity index (χ2v) is 7.31. The van der Waals surface area contributed by atoms with E-state index in [1.54, 1.807) is 4.31 Å². The van der Waals surface area contributed by atoms with Crippen molar-refractivity contribution in [3.05, 3.63) is 0 Å². The Morgan fingerprint density at radius 3 is 2.57 bits per heavy atom. The number of hydrogen-bond donors (Lipinski definition) is 2. The quantitative estimate of drug-likeness (QED) is 0.580. The number of likely N-dealkylation sites (N-methyl/N-ethyl adjacent to an activating group) is 1. The molecule has 1 atom stereocenters. The number of rotatable bonds is 10. The van der Waals surface area contributed by atoms with E-state index in [2.05, 4.69) is 28.8 Å². The summed E-state index contributed by atoms with van der Waals surface area (Å²) in [5, 5.41) is 3.10. The fourth-order valence-corrected chi connectivity index (χ4v) is 4.37. The molecule has 1 rings (SSSR count). The molecule has 21 heavy (non-hydrogen) atoms. The highest BCUT2D eigenvalue weighted by atomic mass is 32.2. The molecule has 0 aromatic rings. The van der Waals surface area contributed by atoms with Crippen LogP contribution in [0.5, 0.6) is 0 Å². The van der Waals surface area contributed by atoms with Crippen molar-refractivity contribution in [2.45, 2.75) is 45.6 Å². The largest absolute Gasteiger partial charge is 0.318 e. The molecule has 1 aliphatic rings. The lowest BCUT2D eigenvalue weighted by molar-refractivity contribution is 0.245. The van der Waals surface area contributed by atoms with Gasteiger partial charge in [-0.05, 0) is 45.9 Å². The molecule has 1 aliphatic heterocycles. The minimum atomic E-state index is -3.34. The van der Waals surface area contributed by atoms with Crippen molar-refractivity contribution in [1.82, 2.24) is 19.2 Å². The molecule has 1 unspecified atom stereocenters. The summed E-state index contributed by atoms with van der Waals surface area (Å²) in [6.07, 6.45) is 3.87. The number of hydrogen-bond acceptors (Lipinski definition) is 4. The Kier molecular flexibility index (Phi) is 8.73. The molecule has 2 N–H and O–H groups in total. The number of nitrogens with zero attached hydrogens (tertiary/aromatic N) is 2. The van der Waals surface area contributed by atoms with Gasteiger partial charge in [0.25, 0.3) is 10.2 Å². The van der Waals surface area contributed by atoms with Gasteiger partial charge in [0.05, 0.1) is 0 Å². The monoisotopic (exact) mass is 320 g/mol. The first-order valence-corrected chi connectivity index (χ1v) is 9.62. The van der Waals surface area contributed by atoms with Gasteiger partial charge in [0.1, 0.15) is 0 Å². The van der Waals surface area contributed by atoms with Crippen molar-refractivity contribution in [3.63, 3.8) is 0 Å². The van der Waals surface area contributed by atoms with E-state index >= 15 is 0 Å². The molecule has 6 nitrogen and oxygen atoms in total. The lowest BCUT2D eigenvalue weighted by Gasteiger charge is -2.34. The van der Waals surface area contributed by atoms with Crippen LogP contribution < -0.4 is 10.0 Å². The topological polar surface area (TPSA) is 64.7 Å². The third-order valence-electron chi connectivity index (χ3n) is 4.15. The second kappa shape index (κ2) is 9.74. The van der Waals surface area contributed by atoms with Crippen molar-refractivity contribution >= 4 is 10.2 Å². The Bertz CT molecular complexity index is 369. The summed E-state index contributed by atoms with van der Waals surface area (Å²) >= 11 is 0. The molecule has 0 saturated carbocycles.